The molecule has 1 aromatic rings. The third-order valence-electron chi connectivity index (χ3n) is 4.16. The van der Waals surface area contributed by atoms with E-state index in [0.717, 1.165) is 31.4 Å². The first-order valence-corrected chi connectivity index (χ1v) is 8.59. The highest BCUT2D eigenvalue weighted by molar-refractivity contribution is 5.95. The van der Waals surface area contributed by atoms with Gasteiger partial charge in [-0.2, -0.15) is 0 Å². The van der Waals surface area contributed by atoms with Crippen molar-refractivity contribution in [3.05, 3.63) is 24.3 Å². The van der Waals surface area contributed by atoms with Crippen LogP contribution in [-0.4, -0.2) is 38.6 Å². The summed E-state index contributed by atoms with van der Waals surface area (Å²) in [4.78, 5) is 24.1. The van der Waals surface area contributed by atoms with Gasteiger partial charge in [0.1, 0.15) is 0 Å². The number of hydrogen-bond donors (Lipinski definition) is 3. The lowest BCUT2D eigenvalue weighted by atomic mass is 9.88. The largest absolute Gasteiger partial charge is 0.383 e. The summed E-state index contributed by atoms with van der Waals surface area (Å²) in [5.41, 5.74) is 1.39. The Bertz CT molecular complexity index is 542. The number of methoxy groups -OCH3 is 1. The van der Waals surface area contributed by atoms with Gasteiger partial charge in [0, 0.05) is 30.9 Å². The summed E-state index contributed by atoms with van der Waals surface area (Å²) in [5.74, 6) is 0.0725. The Kier molecular flexibility index (Phi) is 7.71. The first-order valence-electron chi connectivity index (χ1n) is 8.59. The summed E-state index contributed by atoms with van der Waals surface area (Å²) in [6, 6.07) is 7.26. The minimum atomic E-state index is -0.123. The number of anilines is 2. The van der Waals surface area contributed by atoms with Gasteiger partial charge in [-0.25, -0.2) is 0 Å². The number of carbonyl (C=O) groups excluding carboxylic acids is 2. The molecule has 1 aliphatic rings. The van der Waals surface area contributed by atoms with Gasteiger partial charge in [-0.15, -0.1) is 0 Å². The molecule has 0 aromatic heterocycles. The van der Waals surface area contributed by atoms with Crippen molar-refractivity contribution in [1.29, 1.82) is 0 Å². The molecule has 0 heterocycles. The molecular weight excluding hydrogens is 306 g/mol. The van der Waals surface area contributed by atoms with Gasteiger partial charge >= 0.3 is 0 Å². The fraction of sp³-hybridized carbons (Fsp3) is 0.556. The maximum atomic E-state index is 12.3. The van der Waals surface area contributed by atoms with Crippen molar-refractivity contribution in [3.63, 3.8) is 0 Å². The molecule has 0 atom stereocenters. The Morgan fingerprint density at radius 1 is 1.12 bits per heavy atom. The van der Waals surface area contributed by atoms with Crippen LogP contribution in [0.4, 0.5) is 11.4 Å². The van der Waals surface area contributed by atoms with E-state index in [1.54, 1.807) is 13.2 Å². The predicted molar refractivity (Wildman–Crippen MR) is 95.0 cm³/mol. The maximum absolute atomic E-state index is 12.3. The van der Waals surface area contributed by atoms with Crippen LogP contribution in [0.25, 0.3) is 0 Å². The zero-order valence-electron chi connectivity index (χ0n) is 14.3. The predicted octanol–water partition coefficient (Wildman–Crippen LogP) is 2.38. The number of nitrogens with one attached hydrogen (secondary N) is 3. The molecule has 0 saturated heterocycles. The zero-order valence-corrected chi connectivity index (χ0v) is 14.3. The van der Waals surface area contributed by atoms with Gasteiger partial charge < -0.3 is 20.7 Å². The van der Waals surface area contributed by atoms with E-state index in [9.17, 15) is 9.59 Å². The Morgan fingerprint density at radius 3 is 2.54 bits per heavy atom. The molecule has 24 heavy (non-hydrogen) atoms. The van der Waals surface area contributed by atoms with Crippen LogP contribution in [-0.2, 0) is 14.3 Å². The van der Waals surface area contributed by atoms with E-state index in [4.69, 9.17) is 4.74 Å². The molecule has 0 spiro atoms. The van der Waals surface area contributed by atoms with Gasteiger partial charge in [0.05, 0.1) is 13.2 Å². The van der Waals surface area contributed by atoms with Crippen LogP contribution in [0.5, 0.6) is 0 Å². The molecule has 1 aromatic carbocycles. The van der Waals surface area contributed by atoms with Gasteiger partial charge in [-0.1, -0.05) is 25.3 Å². The minimum absolute atomic E-state index is 0.0828. The topological polar surface area (TPSA) is 79.5 Å². The van der Waals surface area contributed by atoms with Gasteiger partial charge in [0.25, 0.3) is 0 Å². The van der Waals surface area contributed by atoms with Crippen molar-refractivity contribution in [2.75, 3.05) is 37.4 Å². The number of benzene rings is 1. The zero-order chi connectivity index (χ0) is 17.2. The van der Waals surface area contributed by atoms with E-state index >= 15 is 0 Å². The summed E-state index contributed by atoms with van der Waals surface area (Å²) in [6.07, 6.45) is 5.42. The molecule has 2 amide bonds. The number of amides is 2. The van der Waals surface area contributed by atoms with E-state index in [0.29, 0.717) is 18.8 Å². The summed E-state index contributed by atoms with van der Waals surface area (Å²) in [6.45, 7) is 1.42. The molecule has 6 heteroatoms. The third-order valence-corrected chi connectivity index (χ3v) is 4.16. The van der Waals surface area contributed by atoms with Crippen molar-refractivity contribution in [2.45, 2.75) is 32.1 Å². The Hall–Kier alpha value is -1.92. The fourth-order valence-electron chi connectivity index (χ4n) is 2.87. The molecule has 1 saturated carbocycles. The number of carbonyl (C=O) groups is 2. The van der Waals surface area contributed by atoms with Crippen LogP contribution >= 0.6 is 0 Å². The van der Waals surface area contributed by atoms with Crippen molar-refractivity contribution in [3.8, 4) is 0 Å². The van der Waals surface area contributed by atoms with Crippen molar-refractivity contribution in [2.24, 2.45) is 5.92 Å². The van der Waals surface area contributed by atoms with Gasteiger partial charge in [0.15, 0.2) is 0 Å². The Morgan fingerprint density at radius 2 is 1.83 bits per heavy atom. The number of ether oxygens (including phenoxy) is 1. The van der Waals surface area contributed by atoms with Gasteiger partial charge in [-0.05, 0) is 31.0 Å². The van der Waals surface area contributed by atoms with E-state index in [1.165, 1.54) is 6.42 Å². The van der Waals surface area contributed by atoms with Crippen molar-refractivity contribution in [1.82, 2.24) is 5.32 Å². The maximum Gasteiger partial charge on any atom is 0.238 e. The molecule has 2 rings (SSSR count). The van der Waals surface area contributed by atoms with Crippen LogP contribution < -0.4 is 16.0 Å². The second kappa shape index (κ2) is 10.1. The van der Waals surface area contributed by atoms with Crippen LogP contribution in [0.3, 0.4) is 0 Å². The first-order chi connectivity index (χ1) is 11.7. The highest BCUT2D eigenvalue weighted by atomic mass is 16.5. The summed E-state index contributed by atoms with van der Waals surface area (Å²) < 4.78 is 4.91. The molecule has 1 aliphatic carbocycles. The molecule has 6 nitrogen and oxygen atoms in total. The molecule has 3 N–H and O–H groups in total. The third kappa shape index (κ3) is 6.29. The quantitative estimate of drug-likeness (QED) is 0.638. The molecule has 1 fully saturated rings. The fourth-order valence-corrected chi connectivity index (χ4v) is 2.87. The first kappa shape index (κ1) is 18.4. The summed E-state index contributed by atoms with van der Waals surface area (Å²) in [5, 5.41) is 8.77. The molecular formula is C18H27N3O3. The highest BCUT2D eigenvalue weighted by Gasteiger charge is 2.21. The van der Waals surface area contributed by atoms with E-state index < -0.39 is 0 Å². The second-order valence-corrected chi connectivity index (χ2v) is 6.12. The van der Waals surface area contributed by atoms with E-state index in [1.807, 2.05) is 18.2 Å². The molecule has 132 valence electrons. The van der Waals surface area contributed by atoms with Crippen molar-refractivity contribution >= 4 is 23.2 Å². The monoisotopic (exact) mass is 333 g/mol. The standard InChI is InChI=1S/C18H27N3O3/c1-24-11-10-19-13-17(22)20-15-8-5-9-16(12-15)21-18(23)14-6-3-2-4-7-14/h5,8-9,12,14,19H,2-4,6-7,10-11,13H2,1H3,(H,20,22)(H,21,23). The van der Waals surface area contributed by atoms with Crippen LogP contribution in [0.1, 0.15) is 32.1 Å². The van der Waals surface area contributed by atoms with Crippen LogP contribution in [0.15, 0.2) is 24.3 Å². The minimum Gasteiger partial charge on any atom is -0.383 e. The molecule has 0 radical (unpaired) electrons. The highest BCUT2D eigenvalue weighted by Crippen LogP contribution is 2.25. The Labute approximate surface area is 143 Å². The lowest BCUT2D eigenvalue weighted by molar-refractivity contribution is -0.120. The van der Waals surface area contributed by atoms with Crippen LogP contribution in [0.2, 0.25) is 0 Å². The summed E-state index contributed by atoms with van der Waals surface area (Å²) >= 11 is 0. The molecule has 0 unspecified atom stereocenters. The second-order valence-electron chi connectivity index (χ2n) is 6.12. The van der Waals surface area contributed by atoms with Gasteiger partial charge in [0.2, 0.25) is 11.8 Å². The number of rotatable bonds is 8. The normalized spacial score (nSPS) is 15.0. The average molecular weight is 333 g/mol. The van der Waals surface area contributed by atoms with E-state index in [2.05, 4.69) is 16.0 Å². The summed E-state index contributed by atoms with van der Waals surface area (Å²) in [7, 11) is 1.62. The number of hydrogen-bond acceptors (Lipinski definition) is 4. The SMILES string of the molecule is COCCNCC(=O)Nc1cccc(NC(=O)C2CCCCC2)c1. The lowest BCUT2D eigenvalue weighted by Crippen LogP contribution is -2.30. The van der Waals surface area contributed by atoms with Crippen LogP contribution in [0, 0.1) is 5.92 Å². The van der Waals surface area contributed by atoms with Gasteiger partial charge in [-0.3, -0.25) is 9.59 Å². The van der Waals surface area contributed by atoms with E-state index in [-0.39, 0.29) is 24.3 Å². The smallest absolute Gasteiger partial charge is 0.238 e. The van der Waals surface area contributed by atoms with Crippen molar-refractivity contribution < 1.29 is 14.3 Å². The Balaban J connectivity index is 1.82. The average Bonchev–Trinajstić information content (AvgIpc) is 2.60. The molecule has 0 aliphatic heterocycles. The lowest BCUT2D eigenvalue weighted by Gasteiger charge is -2.20. The molecule has 0 bridgehead atoms.